The Morgan fingerprint density at radius 3 is 2.45 bits per heavy atom. The summed E-state index contributed by atoms with van der Waals surface area (Å²) in [4.78, 5) is 14.2. The lowest BCUT2D eigenvalue weighted by Crippen LogP contribution is -2.48. The summed E-state index contributed by atoms with van der Waals surface area (Å²) in [5.41, 5.74) is 0. The SMILES string of the molecule is CC(C)COC(C)C(=O)NCCN1CC(C)OC(C)C1. The molecule has 1 N–H and O–H groups in total. The van der Waals surface area contributed by atoms with E-state index < -0.39 is 0 Å². The first-order valence-electron chi connectivity index (χ1n) is 7.65. The molecule has 1 amide bonds. The standard InChI is InChI=1S/C15H30N2O3/c1-11(2)10-19-14(5)15(18)16-6-7-17-8-12(3)20-13(4)9-17/h11-14H,6-10H2,1-5H3,(H,16,18). The number of carbonyl (C=O) groups is 1. The summed E-state index contributed by atoms with van der Waals surface area (Å²) in [6.45, 7) is 14.1. The van der Waals surface area contributed by atoms with Gasteiger partial charge in [-0.3, -0.25) is 9.69 Å². The summed E-state index contributed by atoms with van der Waals surface area (Å²) in [6, 6.07) is 0. The van der Waals surface area contributed by atoms with E-state index in [0.717, 1.165) is 19.6 Å². The van der Waals surface area contributed by atoms with Gasteiger partial charge in [0, 0.05) is 32.8 Å². The highest BCUT2D eigenvalue weighted by molar-refractivity contribution is 5.80. The molecule has 1 rings (SSSR count). The van der Waals surface area contributed by atoms with Crippen LogP contribution in [0.3, 0.4) is 0 Å². The lowest BCUT2D eigenvalue weighted by Gasteiger charge is -2.35. The average molecular weight is 286 g/mol. The van der Waals surface area contributed by atoms with Gasteiger partial charge in [0.05, 0.1) is 12.2 Å². The lowest BCUT2D eigenvalue weighted by atomic mass is 10.2. The molecule has 5 heteroatoms. The molecule has 0 radical (unpaired) electrons. The van der Waals surface area contributed by atoms with Crippen LogP contribution < -0.4 is 5.32 Å². The molecule has 0 aromatic carbocycles. The maximum absolute atomic E-state index is 11.8. The summed E-state index contributed by atoms with van der Waals surface area (Å²) < 4.78 is 11.2. The highest BCUT2D eigenvalue weighted by Crippen LogP contribution is 2.09. The third kappa shape index (κ3) is 6.68. The van der Waals surface area contributed by atoms with Crippen molar-refractivity contribution in [3.8, 4) is 0 Å². The van der Waals surface area contributed by atoms with Crippen LogP contribution in [0, 0.1) is 5.92 Å². The van der Waals surface area contributed by atoms with E-state index in [-0.39, 0.29) is 24.2 Å². The second-order valence-electron chi connectivity index (χ2n) is 6.18. The molecule has 0 bridgehead atoms. The molecule has 0 aromatic rings. The van der Waals surface area contributed by atoms with Crippen molar-refractivity contribution in [2.24, 2.45) is 5.92 Å². The molecule has 1 heterocycles. The zero-order valence-electron chi connectivity index (χ0n) is 13.5. The van der Waals surface area contributed by atoms with E-state index in [1.165, 1.54) is 0 Å². The second-order valence-corrected chi connectivity index (χ2v) is 6.18. The number of hydrogen-bond acceptors (Lipinski definition) is 4. The fourth-order valence-corrected chi connectivity index (χ4v) is 2.36. The van der Waals surface area contributed by atoms with Crippen LogP contribution >= 0.6 is 0 Å². The monoisotopic (exact) mass is 286 g/mol. The van der Waals surface area contributed by atoms with Crippen molar-refractivity contribution in [3.05, 3.63) is 0 Å². The fraction of sp³-hybridized carbons (Fsp3) is 0.933. The van der Waals surface area contributed by atoms with Gasteiger partial charge >= 0.3 is 0 Å². The van der Waals surface area contributed by atoms with Crippen LogP contribution in [-0.2, 0) is 14.3 Å². The zero-order chi connectivity index (χ0) is 15.1. The third-order valence-corrected chi connectivity index (χ3v) is 3.27. The van der Waals surface area contributed by atoms with Crippen molar-refractivity contribution in [1.29, 1.82) is 0 Å². The number of hydrogen-bond donors (Lipinski definition) is 1. The smallest absolute Gasteiger partial charge is 0.248 e. The number of carbonyl (C=O) groups excluding carboxylic acids is 1. The van der Waals surface area contributed by atoms with Crippen LogP contribution in [0.15, 0.2) is 0 Å². The Hall–Kier alpha value is -0.650. The van der Waals surface area contributed by atoms with Gasteiger partial charge in [0.1, 0.15) is 6.10 Å². The van der Waals surface area contributed by atoms with Crippen molar-refractivity contribution < 1.29 is 14.3 Å². The Bertz CT molecular complexity index is 287. The minimum absolute atomic E-state index is 0.0278. The molecule has 0 saturated carbocycles. The van der Waals surface area contributed by atoms with Crippen LogP contribution in [0.25, 0.3) is 0 Å². The molecule has 1 aliphatic heterocycles. The van der Waals surface area contributed by atoms with Crippen molar-refractivity contribution in [2.75, 3.05) is 32.8 Å². The highest BCUT2D eigenvalue weighted by atomic mass is 16.5. The van der Waals surface area contributed by atoms with Gasteiger partial charge in [-0.15, -0.1) is 0 Å². The van der Waals surface area contributed by atoms with Crippen molar-refractivity contribution >= 4 is 5.91 Å². The van der Waals surface area contributed by atoms with Gasteiger partial charge in [-0.2, -0.15) is 0 Å². The zero-order valence-corrected chi connectivity index (χ0v) is 13.5. The van der Waals surface area contributed by atoms with Crippen molar-refractivity contribution in [2.45, 2.75) is 52.9 Å². The molecule has 20 heavy (non-hydrogen) atoms. The van der Waals surface area contributed by atoms with Gasteiger partial charge in [-0.25, -0.2) is 0 Å². The van der Waals surface area contributed by atoms with E-state index in [0.29, 0.717) is 19.1 Å². The Morgan fingerprint density at radius 2 is 1.90 bits per heavy atom. The minimum Gasteiger partial charge on any atom is -0.373 e. The summed E-state index contributed by atoms with van der Waals surface area (Å²) >= 11 is 0. The Balaban J connectivity index is 2.18. The number of nitrogens with one attached hydrogen (secondary N) is 1. The summed E-state index contributed by atoms with van der Waals surface area (Å²) in [7, 11) is 0. The number of amides is 1. The fourth-order valence-electron chi connectivity index (χ4n) is 2.36. The maximum atomic E-state index is 11.8. The molecule has 3 unspecified atom stereocenters. The molecule has 0 aliphatic carbocycles. The summed E-state index contributed by atoms with van der Waals surface area (Å²) in [5.74, 6) is 0.418. The van der Waals surface area contributed by atoms with Gasteiger partial charge in [0.15, 0.2) is 0 Å². The average Bonchev–Trinajstić information content (AvgIpc) is 2.34. The van der Waals surface area contributed by atoms with Gasteiger partial charge in [-0.1, -0.05) is 13.8 Å². The van der Waals surface area contributed by atoms with Crippen LogP contribution in [0.5, 0.6) is 0 Å². The number of morpholine rings is 1. The first kappa shape index (κ1) is 17.4. The van der Waals surface area contributed by atoms with Crippen molar-refractivity contribution in [3.63, 3.8) is 0 Å². The van der Waals surface area contributed by atoms with E-state index in [9.17, 15) is 4.79 Å². The normalized spacial score (nSPS) is 25.7. The van der Waals surface area contributed by atoms with Crippen molar-refractivity contribution in [1.82, 2.24) is 10.2 Å². The van der Waals surface area contributed by atoms with E-state index >= 15 is 0 Å². The Kier molecular flexibility index (Phi) is 7.48. The van der Waals surface area contributed by atoms with Gasteiger partial charge in [0.25, 0.3) is 0 Å². The molecule has 118 valence electrons. The molecular formula is C15H30N2O3. The van der Waals surface area contributed by atoms with Crippen LogP contribution in [0.2, 0.25) is 0 Å². The molecule has 1 saturated heterocycles. The quantitative estimate of drug-likeness (QED) is 0.766. The molecule has 3 atom stereocenters. The Labute approximate surface area is 123 Å². The lowest BCUT2D eigenvalue weighted by molar-refractivity contribution is -0.132. The molecule has 0 aromatic heterocycles. The Morgan fingerprint density at radius 1 is 1.30 bits per heavy atom. The number of nitrogens with zero attached hydrogens (tertiary/aromatic N) is 1. The van der Waals surface area contributed by atoms with Gasteiger partial charge in [0.2, 0.25) is 5.91 Å². The van der Waals surface area contributed by atoms with Crippen LogP contribution in [0.1, 0.15) is 34.6 Å². The molecule has 5 nitrogen and oxygen atoms in total. The first-order chi connectivity index (χ1) is 9.38. The topological polar surface area (TPSA) is 50.8 Å². The number of rotatable bonds is 7. The second kappa shape index (κ2) is 8.60. The largest absolute Gasteiger partial charge is 0.373 e. The summed E-state index contributed by atoms with van der Waals surface area (Å²) in [5, 5.41) is 2.94. The highest BCUT2D eigenvalue weighted by Gasteiger charge is 2.22. The molecule has 1 aliphatic rings. The summed E-state index contributed by atoms with van der Waals surface area (Å²) in [6.07, 6.45) is 0.158. The van der Waals surface area contributed by atoms with E-state index in [1.807, 2.05) is 0 Å². The number of ether oxygens (including phenoxy) is 2. The first-order valence-corrected chi connectivity index (χ1v) is 7.65. The van der Waals surface area contributed by atoms with E-state index in [2.05, 4.69) is 37.9 Å². The predicted octanol–water partition coefficient (Wildman–Crippen LogP) is 1.27. The molecule has 1 fully saturated rings. The van der Waals surface area contributed by atoms with Gasteiger partial charge in [-0.05, 0) is 26.7 Å². The van der Waals surface area contributed by atoms with Gasteiger partial charge < -0.3 is 14.8 Å². The predicted molar refractivity (Wildman–Crippen MR) is 79.7 cm³/mol. The van der Waals surface area contributed by atoms with E-state index in [4.69, 9.17) is 9.47 Å². The molecule has 0 spiro atoms. The molecular weight excluding hydrogens is 256 g/mol. The third-order valence-electron chi connectivity index (χ3n) is 3.27. The van der Waals surface area contributed by atoms with Crippen LogP contribution in [0.4, 0.5) is 0 Å². The van der Waals surface area contributed by atoms with E-state index in [1.54, 1.807) is 6.92 Å². The minimum atomic E-state index is -0.375. The van der Waals surface area contributed by atoms with Crippen LogP contribution in [-0.4, -0.2) is 61.9 Å². The maximum Gasteiger partial charge on any atom is 0.248 e.